The van der Waals surface area contributed by atoms with E-state index in [0.717, 1.165) is 5.56 Å². The van der Waals surface area contributed by atoms with Gasteiger partial charge in [-0.25, -0.2) is 0 Å². The summed E-state index contributed by atoms with van der Waals surface area (Å²) >= 11 is 0. The molecule has 0 saturated heterocycles. The molecule has 1 amide bonds. The van der Waals surface area contributed by atoms with Crippen LogP contribution in [0.5, 0.6) is 0 Å². The van der Waals surface area contributed by atoms with Gasteiger partial charge >= 0.3 is 5.97 Å². The van der Waals surface area contributed by atoms with Crippen LogP contribution in [0.4, 0.5) is 5.69 Å². The molecule has 1 N–H and O–H groups in total. The standard InChI is InChI=1S/C25H21NO6/c1-15-5-3-6-17(13-15)22-21(23(28)19-7-4-12-32-19)24(29)25(30)26(22)18-10-8-16(9-11-18)14-20(27)31-2/h3-13,22,29H,14H2,1-2H3. The number of ether oxygens (including phenoxy) is 1. The highest BCUT2D eigenvalue weighted by Crippen LogP contribution is 2.42. The van der Waals surface area contributed by atoms with Crippen LogP contribution in [0.1, 0.15) is 33.3 Å². The predicted octanol–water partition coefficient (Wildman–Crippen LogP) is 4.09. The number of rotatable bonds is 6. The molecule has 7 nitrogen and oxygen atoms in total. The van der Waals surface area contributed by atoms with Crippen molar-refractivity contribution in [3.63, 3.8) is 0 Å². The van der Waals surface area contributed by atoms with Crippen LogP contribution in [0, 0.1) is 6.92 Å². The monoisotopic (exact) mass is 431 g/mol. The molecule has 0 radical (unpaired) electrons. The van der Waals surface area contributed by atoms with Gasteiger partial charge in [0.2, 0.25) is 5.78 Å². The van der Waals surface area contributed by atoms with Gasteiger partial charge in [0, 0.05) is 5.69 Å². The summed E-state index contributed by atoms with van der Waals surface area (Å²) in [5, 5.41) is 10.7. The third-order valence-electron chi connectivity index (χ3n) is 5.35. The molecule has 3 aromatic rings. The summed E-state index contributed by atoms with van der Waals surface area (Å²) in [6.45, 7) is 1.91. The zero-order chi connectivity index (χ0) is 22.8. The number of hydrogen-bond donors (Lipinski definition) is 1. The van der Waals surface area contributed by atoms with Crippen LogP contribution in [0.15, 0.2) is 82.7 Å². The van der Waals surface area contributed by atoms with E-state index in [1.807, 2.05) is 25.1 Å². The number of Topliss-reactive ketones (excluding diaryl/α,β-unsaturated/α-hetero) is 1. The van der Waals surface area contributed by atoms with Gasteiger partial charge in [-0.1, -0.05) is 42.0 Å². The van der Waals surface area contributed by atoms with Gasteiger partial charge in [-0.3, -0.25) is 19.3 Å². The number of carbonyl (C=O) groups is 3. The first-order valence-corrected chi connectivity index (χ1v) is 9.98. The molecule has 2 heterocycles. The predicted molar refractivity (Wildman–Crippen MR) is 116 cm³/mol. The number of esters is 1. The molecule has 0 saturated carbocycles. The Kier molecular flexibility index (Phi) is 5.64. The van der Waals surface area contributed by atoms with Crippen LogP contribution in [0.3, 0.4) is 0 Å². The second-order valence-electron chi connectivity index (χ2n) is 7.48. The van der Waals surface area contributed by atoms with E-state index in [1.54, 1.807) is 36.4 Å². The number of aliphatic hydroxyl groups is 1. The van der Waals surface area contributed by atoms with Crippen molar-refractivity contribution in [2.24, 2.45) is 0 Å². The Morgan fingerprint density at radius 2 is 1.84 bits per heavy atom. The molecule has 0 aliphatic carbocycles. The van der Waals surface area contributed by atoms with Crippen LogP contribution in [0.2, 0.25) is 0 Å². The van der Waals surface area contributed by atoms with Crippen molar-refractivity contribution in [1.82, 2.24) is 0 Å². The number of nitrogens with zero attached hydrogens (tertiary/aromatic N) is 1. The second-order valence-corrected chi connectivity index (χ2v) is 7.48. The second kappa shape index (κ2) is 8.55. The largest absolute Gasteiger partial charge is 0.503 e. The number of aliphatic hydroxyl groups excluding tert-OH is 1. The maximum atomic E-state index is 13.2. The molecule has 32 heavy (non-hydrogen) atoms. The van der Waals surface area contributed by atoms with E-state index in [9.17, 15) is 19.5 Å². The average Bonchev–Trinajstić information content (AvgIpc) is 3.41. The molecular weight excluding hydrogens is 410 g/mol. The minimum Gasteiger partial charge on any atom is -0.503 e. The molecule has 0 fully saturated rings. The van der Waals surface area contributed by atoms with Gasteiger partial charge in [0.25, 0.3) is 5.91 Å². The summed E-state index contributed by atoms with van der Waals surface area (Å²) in [6.07, 6.45) is 1.46. The average molecular weight is 431 g/mol. The number of furan rings is 1. The zero-order valence-corrected chi connectivity index (χ0v) is 17.6. The SMILES string of the molecule is COC(=O)Cc1ccc(N2C(=O)C(O)=C(C(=O)c3ccco3)C2c2cccc(C)c2)cc1. The van der Waals surface area contributed by atoms with Crippen LogP contribution in [-0.2, 0) is 20.7 Å². The van der Waals surface area contributed by atoms with E-state index >= 15 is 0 Å². The molecule has 7 heteroatoms. The first kappa shape index (κ1) is 21.1. The lowest BCUT2D eigenvalue weighted by Gasteiger charge is -2.27. The molecule has 0 spiro atoms. The number of benzene rings is 2. The first-order valence-electron chi connectivity index (χ1n) is 9.98. The molecule has 1 aromatic heterocycles. The van der Waals surface area contributed by atoms with Gasteiger partial charge in [0.15, 0.2) is 11.5 Å². The highest BCUT2D eigenvalue weighted by molar-refractivity contribution is 6.20. The molecule has 1 aliphatic rings. The fraction of sp³-hybridized carbons (Fsp3) is 0.160. The van der Waals surface area contributed by atoms with Gasteiger partial charge in [-0.05, 0) is 42.3 Å². The molecule has 1 atom stereocenters. The molecule has 1 unspecified atom stereocenters. The van der Waals surface area contributed by atoms with Crippen LogP contribution in [-0.4, -0.2) is 29.9 Å². The third-order valence-corrected chi connectivity index (χ3v) is 5.35. The van der Waals surface area contributed by atoms with E-state index in [1.165, 1.54) is 24.3 Å². The molecular formula is C25H21NO6. The van der Waals surface area contributed by atoms with Crippen molar-refractivity contribution < 1.29 is 28.6 Å². The normalized spacial score (nSPS) is 15.9. The van der Waals surface area contributed by atoms with Gasteiger partial charge in [-0.15, -0.1) is 0 Å². The Labute approximate surface area is 184 Å². The van der Waals surface area contributed by atoms with Gasteiger partial charge in [0.05, 0.1) is 31.4 Å². The molecule has 162 valence electrons. The maximum absolute atomic E-state index is 13.2. The summed E-state index contributed by atoms with van der Waals surface area (Å²) in [6, 6.07) is 16.4. The lowest BCUT2D eigenvalue weighted by molar-refractivity contribution is -0.139. The van der Waals surface area contributed by atoms with Crippen molar-refractivity contribution in [3.05, 3.63) is 101 Å². The maximum Gasteiger partial charge on any atom is 0.309 e. The zero-order valence-electron chi connectivity index (χ0n) is 17.6. The molecule has 4 rings (SSSR count). The van der Waals surface area contributed by atoms with E-state index < -0.39 is 23.5 Å². The van der Waals surface area contributed by atoms with Gasteiger partial charge in [-0.2, -0.15) is 0 Å². The van der Waals surface area contributed by atoms with Crippen molar-refractivity contribution in [1.29, 1.82) is 0 Å². The van der Waals surface area contributed by atoms with Crippen molar-refractivity contribution in [2.75, 3.05) is 12.0 Å². The quantitative estimate of drug-likeness (QED) is 0.467. The van der Waals surface area contributed by atoms with Crippen molar-refractivity contribution in [3.8, 4) is 0 Å². The number of hydrogen-bond acceptors (Lipinski definition) is 6. The summed E-state index contributed by atoms with van der Waals surface area (Å²) < 4.78 is 9.92. The van der Waals surface area contributed by atoms with E-state index in [-0.39, 0.29) is 23.7 Å². The van der Waals surface area contributed by atoms with Crippen LogP contribution < -0.4 is 4.90 Å². The summed E-state index contributed by atoms with van der Waals surface area (Å²) in [5.74, 6) is -2.20. The lowest BCUT2D eigenvalue weighted by Crippen LogP contribution is -2.31. The topological polar surface area (TPSA) is 97.0 Å². The summed E-state index contributed by atoms with van der Waals surface area (Å²) in [7, 11) is 1.32. The fourth-order valence-electron chi connectivity index (χ4n) is 3.81. The first-order chi connectivity index (χ1) is 15.4. The number of ketones is 1. The smallest absolute Gasteiger partial charge is 0.309 e. The molecule has 2 aromatic carbocycles. The lowest BCUT2D eigenvalue weighted by atomic mass is 9.94. The van der Waals surface area contributed by atoms with Crippen LogP contribution >= 0.6 is 0 Å². The fourth-order valence-corrected chi connectivity index (χ4v) is 3.81. The number of aryl methyl sites for hydroxylation is 1. The number of amides is 1. The Morgan fingerprint density at radius 3 is 2.47 bits per heavy atom. The van der Waals surface area contributed by atoms with E-state index in [0.29, 0.717) is 16.8 Å². The van der Waals surface area contributed by atoms with Gasteiger partial charge in [0.1, 0.15) is 0 Å². The number of methoxy groups -OCH3 is 1. The van der Waals surface area contributed by atoms with Gasteiger partial charge < -0.3 is 14.3 Å². The minimum atomic E-state index is -0.841. The number of anilines is 1. The highest BCUT2D eigenvalue weighted by atomic mass is 16.5. The molecule has 1 aliphatic heterocycles. The van der Waals surface area contributed by atoms with E-state index in [2.05, 4.69) is 4.74 Å². The minimum absolute atomic E-state index is 0.0345. The summed E-state index contributed by atoms with van der Waals surface area (Å²) in [4.78, 5) is 39.2. The summed E-state index contributed by atoms with van der Waals surface area (Å²) in [5.41, 5.74) is 2.76. The van der Waals surface area contributed by atoms with E-state index in [4.69, 9.17) is 4.42 Å². The Hall–Kier alpha value is -4.13. The Morgan fingerprint density at radius 1 is 1.09 bits per heavy atom. The third kappa shape index (κ3) is 3.80. The highest BCUT2D eigenvalue weighted by Gasteiger charge is 2.45. The molecule has 0 bridgehead atoms. The van der Waals surface area contributed by atoms with Crippen molar-refractivity contribution >= 4 is 23.3 Å². The number of carbonyl (C=O) groups excluding carboxylic acids is 3. The van der Waals surface area contributed by atoms with Crippen LogP contribution in [0.25, 0.3) is 0 Å². The van der Waals surface area contributed by atoms with Crippen molar-refractivity contribution in [2.45, 2.75) is 19.4 Å². The Bertz CT molecular complexity index is 1210. The Balaban J connectivity index is 1.79.